The molecule has 0 aromatic rings. The highest BCUT2D eigenvalue weighted by Gasteiger charge is 2.43. The van der Waals surface area contributed by atoms with Gasteiger partial charge in [0.05, 0.1) is 49.8 Å². The highest BCUT2D eigenvalue weighted by molar-refractivity contribution is 7.16. The smallest absolute Gasteiger partial charge is 0.328 e. The molecule has 10 atom stereocenters. The van der Waals surface area contributed by atoms with Crippen molar-refractivity contribution in [1.82, 2.24) is 25.8 Å². The summed E-state index contributed by atoms with van der Waals surface area (Å²) in [5.41, 5.74) is 0. The Hall–Kier alpha value is -2.34. The maximum absolute atomic E-state index is 14.1. The van der Waals surface area contributed by atoms with Gasteiger partial charge in [0, 0.05) is 27.8 Å². The third-order valence-electron chi connectivity index (χ3n) is 9.79. The van der Waals surface area contributed by atoms with Crippen molar-refractivity contribution in [1.29, 1.82) is 0 Å². The summed E-state index contributed by atoms with van der Waals surface area (Å²) in [5, 5.41) is 8.74. The minimum absolute atomic E-state index is 0.0159. The van der Waals surface area contributed by atoms with Gasteiger partial charge in [-0.2, -0.15) is 0 Å². The molecule has 1 unspecified atom stereocenters. The molecule has 0 saturated carbocycles. The number of nitrogens with one attached hydrogen (secondary N) is 3. The van der Waals surface area contributed by atoms with Gasteiger partial charge in [0.25, 0.3) is 0 Å². The summed E-state index contributed by atoms with van der Waals surface area (Å²) < 4.78 is 16.6. The molecule has 48 heavy (non-hydrogen) atoms. The molecule has 0 spiro atoms. The van der Waals surface area contributed by atoms with Gasteiger partial charge in [-0.1, -0.05) is 54.9 Å². The fourth-order valence-electron chi connectivity index (χ4n) is 6.71. The Kier molecular flexibility index (Phi) is 19.1. The predicted octanol–water partition coefficient (Wildman–Crippen LogP) is 1.82. The van der Waals surface area contributed by atoms with Crippen LogP contribution in [0, 0.1) is 23.7 Å². The number of carbonyl (C=O) groups is 5. The zero-order valence-electron chi connectivity index (χ0n) is 31.3. The number of amides is 4. The van der Waals surface area contributed by atoms with E-state index < -0.39 is 48.3 Å². The first-order chi connectivity index (χ1) is 22.6. The summed E-state index contributed by atoms with van der Waals surface area (Å²) in [4.78, 5) is 69.9. The average molecular weight is 702 g/mol. The average Bonchev–Trinajstić information content (AvgIpc) is 3.54. The number of hydrogen-bond donors (Lipinski definition) is 3. The third-order valence-corrected chi connectivity index (χ3v) is 10.3. The molecule has 0 aromatic heterocycles. The second kappa shape index (κ2) is 21.0. The minimum atomic E-state index is -0.808. The van der Waals surface area contributed by atoms with E-state index in [4.69, 9.17) is 14.2 Å². The van der Waals surface area contributed by atoms with Crippen LogP contribution in [0.1, 0.15) is 74.1 Å². The van der Waals surface area contributed by atoms with Crippen molar-refractivity contribution in [2.45, 2.75) is 117 Å². The summed E-state index contributed by atoms with van der Waals surface area (Å²) in [6.07, 6.45) is 1.19. The minimum Gasteiger partial charge on any atom is -0.467 e. The Morgan fingerprint density at radius 3 is 1.98 bits per heavy atom. The van der Waals surface area contributed by atoms with Crippen molar-refractivity contribution < 1.29 is 38.2 Å². The van der Waals surface area contributed by atoms with E-state index in [1.807, 2.05) is 41.5 Å². The number of methoxy groups -OCH3 is 3. The van der Waals surface area contributed by atoms with Gasteiger partial charge in [0.1, 0.15) is 12.1 Å². The second-order valence-electron chi connectivity index (χ2n) is 13.6. The van der Waals surface area contributed by atoms with Crippen LogP contribution in [-0.2, 0) is 38.2 Å². The molecule has 13 nitrogen and oxygen atoms in total. The van der Waals surface area contributed by atoms with Crippen LogP contribution in [0.15, 0.2) is 0 Å². The molecule has 1 aliphatic rings. The fourth-order valence-corrected chi connectivity index (χ4v) is 7.02. The van der Waals surface area contributed by atoms with E-state index in [2.05, 4.69) is 25.2 Å². The standard InChI is InChI=1S/C34H64N5O8P/c1-13-21(6)29(38(9)33(43)28(20(4)5)37-32(42)27(35-8)19(2)3)25(45-10)17-26(40)39-16-14-15-24(39)30(46-11)22(7)31(41)36-23(18-48)34(44)47-12/h19-25,27-30,35H,13-18,48H2,1-12H3,(H,36,41)(H,37,42)/t21-,22+,23-,24-,25+,27-,28-,29-,30+/m0/s1. The number of ether oxygens (including phenoxy) is 3. The molecule has 0 aromatic carbocycles. The molecular weight excluding hydrogens is 637 g/mol. The quantitative estimate of drug-likeness (QED) is 0.127. The number of carbonyl (C=O) groups excluding carboxylic acids is 5. The van der Waals surface area contributed by atoms with Gasteiger partial charge in [-0.15, -0.1) is 9.24 Å². The Bertz CT molecular complexity index is 1060. The first-order valence-corrected chi connectivity index (χ1v) is 18.1. The first-order valence-electron chi connectivity index (χ1n) is 17.2. The summed E-state index contributed by atoms with van der Waals surface area (Å²) in [6.45, 7) is 14.0. The van der Waals surface area contributed by atoms with E-state index in [-0.39, 0.29) is 53.8 Å². The zero-order chi connectivity index (χ0) is 36.9. The largest absolute Gasteiger partial charge is 0.467 e. The van der Waals surface area contributed by atoms with Gasteiger partial charge >= 0.3 is 5.97 Å². The Morgan fingerprint density at radius 1 is 0.917 bits per heavy atom. The van der Waals surface area contributed by atoms with Crippen molar-refractivity contribution in [3.8, 4) is 0 Å². The van der Waals surface area contributed by atoms with E-state index >= 15 is 0 Å². The predicted molar refractivity (Wildman–Crippen MR) is 189 cm³/mol. The van der Waals surface area contributed by atoms with Gasteiger partial charge < -0.3 is 40.0 Å². The van der Waals surface area contributed by atoms with E-state index in [1.165, 1.54) is 14.2 Å². The molecular formula is C34H64N5O8P. The van der Waals surface area contributed by atoms with Crippen LogP contribution in [0.2, 0.25) is 0 Å². The summed E-state index contributed by atoms with van der Waals surface area (Å²) in [5.74, 6) is -2.38. The number of likely N-dealkylation sites (tertiary alicyclic amines) is 1. The van der Waals surface area contributed by atoms with Gasteiger partial charge in [-0.25, -0.2) is 4.79 Å². The molecule has 1 saturated heterocycles. The van der Waals surface area contributed by atoms with Gasteiger partial charge in [-0.3, -0.25) is 19.2 Å². The molecule has 0 bridgehead atoms. The first kappa shape index (κ1) is 43.7. The molecule has 1 rings (SSSR count). The number of rotatable bonds is 20. The van der Waals surface area contributed by atoms with E-state index in [0.29, 0.717) is 19.1 Å². The molecule has 1 aliphatic heterocycles. The van der Waals surface area contributed by atoms with Crippen LogP contribution >= 0.6 is 9.24 Å². The molecule has 0 radical (unpaired) electrons. The Balaban J connectivity index is 3.25. The van der Waals surface area contributed by atoms with E-state index in [9.17, 15) is 24.0 Å². The maximum Gasteiger partial charge on any atom is 0.328 e. The van der Waals surface area contributed by atoms with Crippen molar-refractivity contribution >= 4 is 38.8 Å². The SMILES string of the molecule is CC[C@H](C)[C@@H]([C@@H](CC(=O)N1CCC[C@H]1[C@H](OC)[C@@H](C)C(=O)N[C@@H](CP)C(=O)OC)OC)N(C)C(=O)[C@@H](NC(=O)[C@@H](NC)C(C)C)C(C)C. The molecule has 278 valence electrons. The van der Waals surface area contributed by atoms with Crippen LogP contribution in [0.4, 0.5) is 0 Å². The molecule has 0 aliphatic carbocycles. The highest BCUT2D eigenvalue weighted by atomic mass is 31.0. The summed E-state index contributed by atoms with van der Waals surface area (Å²) in [6, 6.07) is -2.84. The lowest BCUT2D eigenvalue weighted by Crippen LogP contribution is -2.59. The number of likely N-dealkylation sites (N-methyl/N-ethyl adjacent to an activating group) is 2. The van der Waals surface area contributed by atoms with E-state index in [0.717, 1.165) is 12.8 Å². The van der Waals surface area contributed by atoms with Gasteiger partial charge in [-0.05, 0) is 43.8 Å². The fraction of sp³-hybridized carbons (Fsp3) is 0.853. The third kappa shape index (κ3) is 11.4. The number of hydrogen-bond acceptors (Lipinski definition) is 9. The van der Waals surface area contributed by atoms with Gasteiger partial charge in [0.2, 0.25) is 23.6 Å². The monoisotopic (exact) mass is 701 g/mol. The van der Waals surface area contributed by atoms with Crippen LogP contribution in [-0.4, -0.2) is 130 Å². The lowest BCUT2D eigenvalue weighted by molar-refractivity contribution is -0.148. The normalized spacial score (nSPS) is 19.9. The maximum atomic E-state index is 14.1. The zero-order valence-corrected chi connectivity index (χ0v) is 32.5. The second-order valence-corrected chi connectivity index (χ2v) is 14.1. The molecule has 4 amide bonds. The number of esters is 1. The topological polar surface area (TPSA) is 156 Å². The molecule has 1 fully saturated rings. The molecule has 14 heteroatoms. The summed E-state index contributed by atoms with van der Waals surface area (Å²) >= 11 is 0. The van der Waals surface area contributed by atoms with Crippen LogP contribution in [0.25, 0.3) is 0 Å². The Morgan fingerprint density at radius 2 is 1.52 bits per heavy atom. The van der Waals surface area contributed by atoms with Crippen molar-refractivity contribution in [3.05, 3.63) is 0 Å². The van der Waals surface area contributed by atoms with Gasteiger partial charge in [0.15, 0.2) is 0 Å². The molecule has 1 heterocycles. The lowest BCUT2D eigenvalue weighted by Gasteiger charge is -2.41. The molecule has 3 N–H and O–H groups in total. The van der Waals surface area contributed by atoms with Crippen molar-refractivity contribution in [2.24, 2.45) is 23.7 Å². The van der Waals surface area contributed by atoms with Crippen molar-refractivity contribution in [3.63, 3.8) is 0 Å². The van der Waals surface area contributed by atoms with Crippen molar-refractivity contribution in [2.75, 3.05) is 48.1 Å². The lowest BCUT2D eigenvalue weighted by atomic mass is 9.89. The van der Waals surface area contributed by atoms with Crippen LogP contribution in [0.5, 0.6) is 0 Å². The van der Waals surface area contributed by atoms with E-state index in [1.54, 1.807) is 37.9 Å². The van der Waals surface area contributed by atoms with Crippen LogP contribution < -0.4 is 16.0 Å². The Labute approximate surface area is 290 Å². The number of nitrogens with zero attached hydrogens (tertiary/aromatic N) is 2. The summed E-state index contributed by atoms with van der Waals surface area (Å²) in [7, 11) is 10.2. The van der Waals surface area contributed by atoms with Crippen LogP contribution in [0.3, 0.4) is 0 Å². The highest BCUT2D eigenvalue weighted by Crippen LogP contribution is 2.29.